The highest BCUT2D eigenvalue weighted by atomic mass is 16.5. The van der Waals surface area contributed by atoms with Crippen LogP contribution < -0.4 is 0 Å². The second-order valence-electron chi connectivity index (χ2n) is 2.35. The molecule has 72 valence electrons. The van der Waals surface area contributed by atoms with Crippen LogP contribution in [-0.4, -0.2) is 22.2 Å². The molecule has 0 heterocycles. The van der Waals surface area contributed by atoms with Gasteiger partial charge in [0.1, 0.15) is 12.5 Å². The average molecular weight is 186 g/mol. The van der Waals surface area contributed by atoms with Crippen LogP contribution in [0.15, 0.2) is 23.7 Å². The Kier molecular flexibility index (Phi) is 4.29. The van der Waals surface area contributed by atoms with E-state index in [0.717, 1.165) is 12.5 Å². The lowest BCUT2D eigenvalue weighted by atomic mass is 10.3. The van der Waals surface area contributed by atoms with E-state index in [-0.39, 0.29) is 11.1 Å². The molecule has 0 aliphatic rings. The van der Waals surface area contributed by atoms with Crippen LogP contribution in [0.2, 0.25) is 0 Å². The van der Waals surface area contributed by atoms with Gasteiger partial charge in [0.25, 0.3) is 0 Å². The summed E-state index contributed by atoms with van der Waals surface area (Å²) in [6.45, 7) is 2.68. The van der Waals surface area contributed by atoms with E-state index in [1.165, 1.54) is 13.8 Å². The third-order valence-electron chi connectivity index (χ3n) is 1.16. The topological polar surface area (TPSA) is 83.8 Å². The Morgan fingerprint density at radius 1 is 1.00 bits per heavy atom. The van der Waals surface area contributed by atoms with Gasteiger partial charge in [-0.15, -0.1) is 0 Å². The van der Waals surface area contributed by atoms with E-state index in [9.17, 15) is 9.59 Å². The predicted molar refractivity (Wildman–Crippen MR) is 43.9 cm³/mol. The van der Waals surface area contributed by atoms with Crippen molar-refractivity contribution in [1.82, 2.24) is 0 Å². The van der Waals surface area contributed by atoms with Crippen LogP contribution in [0.5, 0.6) is 0 Å². The Morgan fingerprint density at radius 3 is 1.54 bits per heavy atom. The molecule has 0 saturated heterocycles. The van der Waals surface area contributed by atoms with Gasteiger partial charge in [0.2, 0.25) is 0 Å². The van der Waals surface area contributed by atoms with Crippen molar-refractivity contribution in [1.29, 1.82) is 0 Å². The van der Waals surface area contributed by atoms with Crippen molar-refractivity contribution in [2.24, 2.45) is 0 Å². The van der Waals surface area contributed by atoms with Gasteiger partial charge in [-0.2, -0.15) is 0 Å². The molecule has 0 aromatic carbocycles. The Morgan fingerprint density at radius 2 is 1.31 bits per heavy atom. The molecule has 0 aliphatic heterocycles. The minimum absolute atomic E-state index is 0.00515. The molecule has 0 fully saturated rings. The van der Waals surface area contributed by atoms with Crippen LogP contribution in [-0.2, 0) is 14.3 Å². The zero-order valence-electron chi connectivity index (χ0n) is 7.27. The van der Waals surface area contributed by atoms with Gasteiger partial charge < -0.3 is 14.9 Å². The molecule has 0 aliphatic carbocycles. The summed E-state index contributed by atoms with van der Waals surface area (Å²) < 4.78 is 4.59. The van der Waals surface area contributed by atoms with Gasteiger partial charge in [0.05, 0.1) is 11.1 Å². The minimum Gasteiger partial charge on any atom is -0.478 e. The van der Waals surface area contributed by atoms with E-state index in [1.807, 2.05) is 0 Å². The van der Waals surface area contributed by atoms with Crippen molar-refractivity contribution in [3.05, 3.63) is 23.7 Å². The van der Waals surface area contributed by atoms with Gasteiger partial charge in [-0.3, -0.25) is 0 Å². The van der Waals surface area contributed by atoms with Gasteiger partial charge in [-0.05, 0) is 13.8 Å². The largest absolute Gasteiger partial charge is 0.478 e. The Labute approximate surface area is 74.9 Å². The fourth-order valence-electron chi connectivity index (χ4n) is 0.339. The van der Waals surface area contributed by atoms with E-state index < -0.39 is 11.9 Å². The first-order valence-electron chi connectivity index (χ1n) is 3.40. The first-order valence-corrected chi connectivity index (χ1v) is 3.40. The molecule has 0 radical (unpaired) electrons. The number of rotatable bonds is 4. The second kappa shape index (κ2) is 4.97. The van der Waals surface area contributed by atoms with Crippen molar-refractivity contribution < 1.29 is 24.5 Å². The van der Waals surface area contributed by atoms with Crippen LogP contribution >= 0.6 is 0 Å². The first-order chi connectivity index (χ1) is 5.95. The van der Waals surface area contributed by atoms with E-state index in [0.29, 0.717) is 0 Å². The molecule has 2 N–H and O–H groups in total. The fraction of sp³-hybridized carbons (Fsp3) is 0.250. The van der Waals surface area contributed by atoms with Crippen LogP contribution in [0.3, 0.4) is 0 Å². The molecule has 0 spiro atoms. The summed E-state index contributed by atoms with van der Waals surface area (Å²) in [5.41, 5.74) is -0.0103. The lowest BCUT2D eigenvalue weighted by Gasteiger charge is -1.94. The number of carboxylic acid groups (broad SMARTS) is 2. The highest BCUT2D eigenvalue weighted by Crippen LogP contribution is 1.97. The molecule has 13 heavy (non-hydrogen) atoms. The maximum atomic E-state index is 10.2. The Balaban J connectivity index is 4.19. The fourth-order valence-corrected chi connectivity index (χ4v) is 0.339. The van der Waals surface area contributed by atoms with Gasteiger partial charge in [0, 0.05) is 0 Å². The molecule has 5 heteroatoms. The van der Waals surface area contributed by atoms with Crippen LogP contribution in [0.25, 0.3) is 0 Å². The Hall–Kier alpha value is -1.78. The summed E-state index contributed by atoms with van der Waals surface area (Å²) in [4.78, 5) is 20.4. The number of aliphatic carboxylic acids is 2. The van der Waals surface area contributed by atoms with Gasteiger partial charge in [-0.25, -0.2) is 9.59 Å². The molecule has 0 rings (SSSR count). The molecule has 0 amide bonds. The summed E-state index contributed by atoms with van der Waals surface area (Å²) in [5, 5.41) is 16.7. The number of hydrogen-bond acceptors (Lipinski definition) is 3. The number of carbonyl (C=O) groups is 2. The van der Waals surface area contributed by atoms with E-state index in [4.69, 9.17) is 10.2 Å². The summed E-state index contributed by atoms with van der Waals surface area (Å²) in [5.74, 6) is -2.22. The molecule has 0 saturated carbocycles. The molecular formula is C8H10O5. The van der Waals surface area contributed by atoms with Crippen molar-refractivity contribution in [3.63, 3.8) is 0 Å². The van der Waals surface area contributed by atoms with Crippen molar-refractivity contribution in [2.75, 3.05) is 0 Å². The van der Waals surface area contributed by atoms with Gasteiger partial charge >= 0.3 is 11.9 Å². The number of carboxylic acids is 2. The number of hydrogen-bond donors (Lipinski definition) is 2. The molecule has 0 unspecified atom stereocenters. The molecular weight excluding hydrogens is 176 g/mol. The SMILES string of the molecule is C/C(=C\O/C=C(\C)C(=O)O)C(=O)O. The summed E-state index contributed by atoms with van der Waals surface area (Å²) in [6, 6.07) is 0. The average Bonchev–Trinajstić information content (AvgIpc) is 2.03. The van der Waals surface area contributed by atoms with Crippen molar-refractivity contribution >= 4 is 11.9 Å². The highest BCUT2D eigenvalue weighted by molar-refractivity contribution is 5.86. The summed E-state index contributed by atoms with van der Waals surface area (Å²) in [6.07, 6.45) is 1.93. The predicted octanol–water partition coefficient (Wildman–Crippen LogP) is 0.980. The Bertz CT molecular complexity index is 246. The highest BCUT2D eigenvalue weighted by Gasteiger charge is 2.00. The van der Waals surface area contributed by atoms with Gasteiger partial charge in [-0.1, -0.05) is 0 Å². The monoisotopic (exact) mass is 186 g/mol. The zero-order chi connectivity index (χ0) is 10.4. The van der Waals surface area contributed by atoms with E-state index >= 15 is 0 Å². The van der Waals surface area contributed by atoms with Crippen LogP contribution in [0, 0.1) is 0 Å². The molecule has 5 nitrogen and oxygen atoms in total. The number of ether oxygens (including phenoxy) is 1. The molecule has 0 aromatic rings. The van der Waals surface area contributed by atoms with Crippen LogP contribution in [0.1, 0.15) is 13.8 Å². The maximum Gasteiger partial charge on any atom is 0.334 e. The molecule has 0 bridgehead atoms. The van der Waals surface area contributed by atoms with Crippen LogP contribution in [0.4, 0.5) is 0 Å². The van der Waals surface area contributed by atoms with Crippen molar-refractivity contribution in [3.8, 4) is 0 Å². The normalized spacial score (nSPS) is 12.5. The van der Waals surface area contributed by atoms with E-state index in [1.54, 1.807) is 0 Å². The third kappa shape index (κ3) is 4.62. The summed E-state index contributed by atoms with van der Waals surface area (Å²) in [7, 11) is 0. The van der Waals surface area contributed by atoms with Crippen molar-refractivity contribution in [2.45, 2.75) is 13.8 Å². The third-order valence-corrected chi connectivity index (χ3v) is 1.16. The second-order valence-corrected chi connectivity index (χ2v) is 2.35. The minimum atomic E-state index is -1.11. The quantitative estimate of drug-likeness (QED) is 0.505. The smallest absolute Gasteiger partial charge is 0.334 e. The summed E-state index contributed by atoms with van der Waals surface area (Å²) >= 11 is 0. The van der Waals surface area contributed by atoms with Gasteiger partial charge in [0.15, 0.2) is 0 Å². The lowest BCUT2D eigenvalue weighted by molar-refractivity contribution is -0.133. The lowest BCUT2D eigenvalue weighted by Crippen LogP contribution is -1.98. The molecule has 0 aromatic heterocycles. The zero-order valence-corrected chi connectivity index (χ0v) is 7.27. The first kappa shape index (κ1) is 11.2. The standard InChI is InChI=1S/C8H10O5/c1-5(7(9)10)3-13-4-6(2)8(11)12/h3-4H,1-2H3,(H,9,10)(H,11,12)/b5-3+,6-4+. The van der Waals surface area contributed by atoms with E-state index in [2.05, 4.69) is 4.74 Å². The maximum absolute atomic E-state index is 10.2. The molecule has 0 atom stereocenters.